The molecule has 2 aromatic rings. The Bertz CT molecular complexity index is 1660. The average molecular weight is 654 g/mol. The molecule has 1 aromatic heterocycles. The second-order valence-corrected chi connectivity index (χ2v) is 16.0. The van der Waals surface area contributed by atoms with Crippen LogP contribution >= 0.6 is 0 Å². The van der Waals surface area contributed by atoms with Crippen molar-refractivity contribution in [3.63, 3.8) is 0 Å². The fraction of sp³-hybridized carbons (Fsp3) is 0.722. The Morgan fingerprint density at radius 1 is 1.02 bits per heavy atom. The molecule has 2 bridgehead atoms. The molecule has 3 N–H and O–H groups in total. The third-order valence-corrected chi connectivity index (χ3v) is 13.5. The van der Waals surface area contributed by atoms with Crippen molar-refractivity contribution in [3.05, 3.63) is 63.5 Å². The van der Waals surface area contributed by atoms with Crippen LogP contribution in [0.5, 0.6) is 0 Å². The van der Waals surface area contributed by atoms with E-state index in [0.29, 0.717) is 18.5 Å². The quantitative estimate of drug-likeness (QED) is 0.278. The van der Waals surface area contributed by atoms with Crippen molar-refractivity contribution in [3.8, 4) is 5.69 Å². The van der Waals surface area contributed by atoms with E-state index in [4.69, 9.17) is 14.2 Å². The summed E-state index contributed by atoms with van der Waals surface area (Å²) in [7, 11) is 1.56. The zero-order valence-electron chi connectivity index (χ0n) is 28.5. The first-order valence-electron chi connectivity index (χ1n) is 17.2. The first-order valence-corrected chi connectivity index (χ1v) is 17.2. The Morgan fingerprint density at radius 3 is 2.40 bits per heavy atom. The van der Waals surface area contributed by atoms with Crippen LogP contribution in [-0.2, 0) is 25.3 Å². The first kappa shape index (κ1) is 33.0. The number of para-hydroxylation sites is 1. The number of hydrogen-bond acceptors (Lipinski definition) is 8. The molecule has 258 valence electrons. The highest BCUT2D eigenvalue weighted by atomic mass is 16.7. The van der Waals surface area contributed by atoms with Gasteiger partial charge in [0, 0.05) is 25.4 Å². The molecule has 3 fully saturated rings. The summed E-state index contributed by atoms with van der Waals surface area (Å²) < 4.78 is 22.3. The third kappa shape index (κ3) is 4.26. The van der Waals surface area contributed by atoms with Crippen molar-refractivity contribution < 1.29 is 29.5 Å². The molecule has 2 spiro atoms. The minimum atomic E-state index is -1.28. The van der Waals surface area contributed by atoms with Gasteiger partial charge in [0.2, 0.25) is 0 Å². The molecule has 47 heavy (non-hydrogen) atoms. The molecule has 11 heteroatoms. The maximum absolute atomic E-state index is 14.8. The molecular formula is C36H51N3O8. The standard InChI is InChI=1S/C36H51N3O8/c1-22(46-20-29(41)32(2,3)44)25-12-13-26-33(25,4)15-14-27-34(5)28(40)18-24(47-21-45-6)19-35(34)16-17-36(26,27)39-31(43)37(30(42)38(35)39)23-10-8-7-9-11-23/h7-11,16-17,22,24-29,40-41,44H,12-15,18-21H2,1-6H3/t22-,24-,25+,26+,27+,28-,29?,33+,34-,35+,36-/m0/s1. The van der Waals surface area contributed by atoms with Gasteiger partial charge in [-0.1, -0.05) is 44.2 Å². The lowest BCUT2D eigenvalue weighted by molar-refractivity contribution is -0.248. The van der Waals surface area contributed by atoms with Gasteiger partial charge in [-0.15, -0.1) is 0 Å². The van der Waals surface area contributed by atoms with Gasteiger partial charge in [0.1, 0.15) is 12.9 Å². The first-order chi connectivity index (χ1) is 22.2. The molecule has 0 saturated heterocycles. The van der Waals surface area contributed by atoms with E-state index < -0.39 is 40.0 Å². The van der Waals surface area contributed by atoms with Crippen molar-refractivity contribution in [1.82, 2.24) is 13.9 Å². The lowest BCUT2D eigenvalue weighted by Gasteiger charge is -2.72. The molecule has 11 atom stereocenters. The van der Waals surface area contributed by atoms with Gasteiger partial charge >= 0.3 is 11.4 Å². The summed E-state index contributed by atoms with van der Waals surface area (Å²) >= 11 is 0. The van der Waals surface area contributed by atoms with Crippen LogP contribution in [0.1, 0.15) is 73.1 Å². The van der Waals surface area contributed by atoms with Crippen LogP contribution in [0.4, 0.5) is 0 Å². The second-order valence-electron chi connectivity index (χ2n) is 16.0. The Labute approximate surface area is 275 Å². The lowest BCUT2D eigenvalue weighted by atomic mass is 9.40. The molecule has 3 heterocycles. The second kappa shape index (κ2) is 11.0. The van der Waals surface area contributed by atoms with Crippen LogP contribution in [0.15, 0.2) is 52.1 Å². The Hall–Kier alpha value is -2.54. The summed E-state index contributed by atoms with van der Waals surface area (Å²) in [5, 5.41) is 33.0. The van der Waals surface area contributed by atoms with Gasteiger partial charge in [-0.2, -0.15) is 0 Å². The smallest absolute Gasteiger partial charge is 0.352 e. The van der Waals surface area contributed by atoms with Crippen molar-refractivity contribution in [2.24, 2.45) is 28.6 Å². The number of hydrogen-bond donors (Lipinski definition) is 3. The molecule has 8 rings (SSSR count). The van der Waals surface area contributed by atoms with Gasteiger partial charge in [0.15, 0.2) is 0 Å². The van der Waals surface area contributed by atoms with Gasteiger partial charge in [0.25, 0.3) is 0 Å². The number of methoxy groups -OCH3 is 1. The number of ether oxygens (including phenoxy) is 3. The number of aliphatic hydroxyl groups is 3. The van der Waals surface area contributed by atoms with E-state index >= 15 is 0 Å². The van der Waals surface area contributed by atoms with Crippen LogP contribution in [-0.4, -0.2) is 79.8 Å². The number of allylic oxidation sites excluding steroid dienone is 2. The number of fused-ring (bicyclic) bond motifs is 1. The zero-order chi connectivity index (χ0) is 33.7. The highest BCUT2D eigenvalue weighted by Crippen LogP contribution is 2.73. The number of rotatable bonds is 9. The van der Waals surface area contributed by atoms with Crippen LogP contribution in [0, 0.1) is 28.6 Å². The van der Waals surface area contributed by atoms with E-state index in [1.54, 1.807) is 42.5 Å². The summed E-state index contributed by atoms with van der Waals surface area (Å²) in [6.45, 7) is 9.71. The molecule has 1 aromatic carbocycles. The molecule has 0 radical (unpaired) electrons. The van der Waals surface area contributed by atoms with Gasteiger partial charge in [-0.05, 0) is 81.8 Å². The number of aromatic nitrogens is 3. The van der Waals surface area contributed by atoms with Crippen LogP contribution < -0.4 is 11.4 Å². The van der Waals surface area contributed by atoms with E-state index in [2.05, 4.69) is 26.0 Å². The minimum Gasteiger partial charge on any atom is -0.392 e. The predicted molar refractivity (Wildman–Crippen MR) is 174 cm³/mol. The maximum Gasteiger partial charge on any atom is 0.352 e. The van der Waals surface area contributed by atoms with E-state index in [9.17, 15) is 24.9 Å². The Kier molecular flexibility index (Phi) is 7.71. The largest absolute Gasteiger partial charge is 0.392 e. The monoisotopic (exact) mass is 653 g/mol. The number of benzene rings is 1. The zero-order valence-corrected chi connectivity index (χ0v) is 28.5. The van der Waals surface area contributed by atoms with E-state index in [1.807, 2.05) is 25.1 Å². The molecule has 2 aliphatic heterocycles. The van der Waals surface area contributed by atoms with Gasteiger partial charge in [-0.3, -0.25) is 0 Å². The molecule has 3 saturated carbocycles. The SMILES string of the molecule is COCO[C@H]1C[C@H](O)[C@]2(C)[C@H]3CC[C@]4(C)[C@@H]([C@H](C)OCC(O)C(C)(C)O)CC[C@H]4[C@@]34C=C[C@]2(C1)n1c(=O)n(-c2ccccc2)c(=O)n14. The molecular weight excluding hydrogens is 602 g/mol. The third-order valence-electron chi connectivity index (χ3n) is 13.5. The molecule has 6 aliphatic rings. The Balaban J connectivity index is 1.39. The highest BCUT2D eigenvalue weighted by Gasteiger charge is 2.77. The lowest BCUT2D eigenvalue weighted by Crippen LogP contribution is -2.79. The molecule has 1 unspecified atom stereocenters. The summed E-state index contributed by atoms with van der Waals surface area (Å²) in [6, 6.07) is 9.09. The van der Waals surface area contributed by atoms with Crippen LogP contribution in [0.25, 0.3) is 5.69 Å². The summed E-state index contributed by atoms with van der Waals surface area (Å²) in [4.78, 5) is 29.6. The summed E-state index contributed by atoms with van der Waals surface area (Å²) in [5.74, 6) is 0.00834. The van der Waals surface area contributed by atoms with Crippen LogP contribution in [0.3, 0.4) is 0 Å². The van der Waals surface area contributed by atoms with Gasteiger partial charge in [-0.25, -0.2) is 23.5 Å². The normalized spacial score (nSPS) is 40.0. The fourth-order valence-electron chi connectivity index (χ4n) is 11.1. The van der Waals surface area contributed by atoms with Crippen LogP contribution in [0.2, 0.25) is 0 Å². The topological polar surface area (TPSA) is 137 Å². The van der Waals surface area contributed by atoms with Gasteiger partial charge < -0.3 is 29.5 Å². The molecule has 0 amide bonds. The Morgan fingerprint density at radius 2 is 1.72 bits per heavy atom. The summed E-state index contributed by atoms with van der Waals surface area (Å²) in [5.41, 5.74) is -4.37. The van der Waals surface area contributed by atoms with E-state index in [0.717, 1.165) is 25.7 Å². The fourth-order valence-corrected chi connectivity index (χ4v) is 11.1. The minimum absolute atomic E-state index is 0.0139. The predicted octanol–water partition coefficient (Wildman–Crippen LogP) is 2.90. The average Bonchev–Trinajstić information content (AvgIpc) is 3.53. The highest BCUT2D eigenvalue weighted by molar-refractivity contribution is 5.39. The van der Waals surface area contributed by atoms with E-state index in [1.165, 1.54) is 4.57 Å². The van der Waals surface area contributed by atoms with Crippen molar-refractivity contribution in [2.75, 3.05) is 20.5 Å². The van der Waals surface area contributed by atoms with E-state index in [-0.39, 0.29) is 54.5 Å². The number of nitrogens with zero attached hydrogens (tertiary/aromatic N) is 3. The molecule has 11 nitrogen and oxygen atoms in total. The van der Waals surface area contributed by atoms with Crippen molar-refractivity contribution in [2.45, 2.75) is 114 Å². The summed E-state index contributed by atoms with van der Waals surface area (Å²) in [6.07, 6.45) is 6.15. The van der Waals surface area contributed by atoms with Gasteiger partial charge in [0.05, 0.1) is 47.3 Å². The van der Waals surface area contributed by atoms with Crippen molar-refractivity contribution in [1.29, 1.82) is 0 Å². The number of aliphatic hydroxyl groups excluding tert-OH is 2. The van der Waals surface area contributed by atoms with Crippen molar-refractivity contribution >= 4 is 0 Å². The maximum atomic E-state index is 14.8. The molecule has 4 aliphatic carbocycles.